The van der Waals surface area contributed by atoms with Crippen molar-refractivity contribution in [2.24, 2.45) is 0 Å². The number of hydrogen-bond acceptors (Lipinski definition) is 7. The van der Waals surface area contributed by atoms with Crippen molar-refractivity contribution in [3.63, 3.8) is 0 Å². The molecule has 0 spiro atoms. The minimum Gasteiger partial charge on any atom is -0.463 e. The van der Waals surface area contributed by atoms with E-state index in [1.54, 1.807) is 0 Å². The summed E-state index contributed by atoms with van der Waals surface area (Å²) in [5, 5.41) is 2.59. The number of ether oxygens (including phenoxy) is 2. The van der Waals surface area contributed by atoms with Gasteiger partial charge in [0.1, 0.15) is 13.3 Å². The van der Waals surface area contributed by atoms with Crippen molar-refractivity contribution in [3.05, 3.63) is 52.6 Å². The van der Waals surface area contributed by atoms with Gasteiger partial charge in [-0.15, -0.1) is 0 Å². The molecule has 0 aliphatic heterocycles. The summed E-state index contributed by atoms with van der Waals surface area (Å²) in [6.07, 6.45) is 1.44. The van der Waals surface area contributed by atoms with E-state index in [4.69, 9.17) is 9.47 Å². The minimum absolute atomic E-state index is 0.0412. The summed E-state index contributed by atoms with van der Waals surface area (Å²) < 4.78 is 13.2. The van der Waals surface area contributed by atoms with Crippen LogP contribution in [0.1, 0.15) is 19.4 Å². The van der Waals surface area contributed by atoms with Crippen LogP contribution in [0.25, 0.3) is 11.2 Å². The largest absolute Gasteiger partial charge is 0.463 e. The summed E-state index contributed by atoms with van der Waals surface area (Å²) >= 11 is 0. The molecule has 0 aliphatic rings. The van der Waals surface area contributed by atoms with Gasteiger partial charge in [-0.3, -0.25) is 24.3 Å². The Balaban J connectivity index is 1.91. The molecule has 0 saturated heterocycles. The number of anilines is 1. The molecule has 152 valence electrons. The second-order valence-corrected chi connectivity index (χ2v) is 6.26. The van der Waals surface area contributed by atoms with E-state index >= 15 is 0 Å². The van der Waals surface area contributed by atoms with Crippen LogP contribution in [0.3, 0.4) is 0 Å². The molecule has 3 rings (SSSR count). The van der Waals surface area contributed by atoms with E-state index in [-0.39, 0.29) is 61.0 Å². The monoisotopic (exact) mass is 399 g/mol. The molecule has 10 heteroatoms. The lowest BCUT2D eigenvalue weighted by molar-refractivity contribution is -0.142. The Morgan fingerprint density at radius 1 is 1.14 bits per heavy atom. The number of esters is 1. The van der Waals surface area contributed by atoms with Crippen molar-refractivity contribution in [1.82, 2.24) is 19.1 Å². The summed E-state index contributed by atoms with van der Waals surface area (Å²) in [6, 6.07) is 9.37. The lowest BCUT2D eigenvalue weighted by Gasteiger charge is -2.13. The van der Waals surface area contributed by atoms with Gasteiger partial charge in [0.15, 0.2) is 11.2 Å². The standard InChI is InChI=1S/C19H21N5O5/c1-13(25)21-19-22-17-16(18(27)24(19)10-15-6-4-3-5-7-15)23(11-20-17)12-28-8-9-29-14(2)26/h3-7,11H,8-10,12H2,1-2H3,(H,21,22,25). The molecule has 0 unspecified atom stereocenters. The highest BCUT2D eigenvalue weighted by molar-refractivity contribution is 5.87. The van der Waals surface area contributed by atoms with Gasteiger partial charge in [-0.05, 0) is 5.56 Å². The van der Waals surface area contributed by atoms with Crippen LogP contribution in [0.15, 0.2) is 41.5 Å². The van der Waals surface area contributed by atoms with Gasteiger partial charge in [0.2, 0.25) is 11.9 Å². The van der Waals surface area contributed by atoms with Crippen molar-refractivity contribution in [2.45, 2.75) is 27.1 Å². The first-order valence-corrected chi connectivity index (χ1v) is 8.94. The molecule has 29 heavy (non-hydrogen) atoms. The van der Waals surface area contributed by atoms with Crippen LogP contribution in [0, 0.1) is 0 Å². The second kappa shape index (κ2) is 9.11. The minimum atomic E-state index is -0.389. The fourth-order valence-electron chi connectivity index (χ4n) is 2.73. The predicted molar refractivity (Wildman–Crippen MR) is 104 cm³/mol. The van der Waals surface area contributed by atoms with E-state index < -0.39 is 0 Å². The molecule has 10 nitrogen and oxygen atoms in total. The maximum Gasteiger partial charge on any atom is 0.302 e. The number of imidazole rings is 1. The topological polar surface area (TPSA) is 117 Å². The van der Waals surface area contributed by atoms with Crippen LogP contribution in [0.4, 0.5) is 5.95 Å². The summed E-state index contributed by atoms with van der Waals surface area (Å²) in [6.45, 7) is 3.23. The van der Waals surface area contributed by atoms with E-state index in [2.05, 4.69) is 15.3 Å². The first-order valence-electron chi connectivity index (χ1n) is 8.94. The summed E-state index contributed by atoms with van der Waals surface area (Å²) in [5.41, 5.74) is 0.976. The van der Waals surface area contributed by atoms with Crippen LogP contribution in [-0.2, 0) is 32.3 Å². The lowest BCUT2D eigenvalue weighted by Crippen LogP contribution is -2.28. The second-order valence-electron chi connectivity index (χ2n) is 6.26. The zero-order valence-corrected chi connectivity index (χ0v) is 16.1. The molecule has 0 saturated carbocycles. The Kier molecular flexibility index (Phi) is 6.35. The number of hydrogen-bond donors (Lipinski definition) is 1. The number of nitrogens with one attached hydrogen (secondary N) is 1. The van der Waals surface area contributed by atoms with Crippen molar-refractivity contribution in [1.29, 1.82) is 0 Å². The molecule has 0 fully saturated rings. The molecule has 0 aliphatic carbocycles. The molecule has 2 heterocycles. The number of fused-ring (bicyclic) bond motifs is 1. The Morgan fingerprint density at radius 2 is 1.90 bits per heavy atom. The first kappa shape index (κ1) is 20.2. The highest BCUT2D eigenvalue weighted by Gasteiger charge is 2.17. The molecule has 1 aromatic carbocycles. The zero-order chi connectivity index (χ0) is 20.8. The highest BCUT2D eigenvalue weighted by Crippen LogP contribution is 2.13. The lowest BCUT2D eigenvalue weighted by atomic mass is 10.2. The predicted octanol–water partition coefficient (Wildman–Crippen LogP) is 1.14. The number of rotatable bonds is 8. The number of carbonyl (C=O) groups excluding carboxylic acids is 2. The maximum absolute atomic E-state index is 13.2. The van der Waals surface area contributed by atoms with Crippen LogP contribution in [0.5, 0.6) is 0 Å². The normalized spacial score (nSPS) is 10.8. The van der Waals surface area contributed by atoms with Gasteiger partial charge >= 0.3 is 5.97 Å². The number of aromatic nitrogens is 4. The van der Waals surface area contributed by atoms with Crippen molar-refractivity contribution >= 4 is 29.0 Å². The smallest absolute Gasteiger partial charge is 0.302 e. The number of carbonyl (C=O) groups is 2. The molecule has 0 radical (unpaired) electrons. The average molecular weight is 399 g/mol. The average Bonchev–Trinajstić information content (AvgIpc) is 3.07. The van der Waals surface area contributed by atoms with Crippen LogP contribution < -0.4 is 10.9 Å². The Labute approximate surface area is 166 Å². The number of amides is 1. The van der Waals surface area contributed by atoms with Crippen molar-refractivity contribution in [2.75, 3.05) is 18.5 Å². The first-order chi connectivity index (χ1) is 14.0. The number of nitrogens with zero attached hydrogens (tertiary/aromatic N) is 4. The fourth-order valence-corrected chi connectivity index (χ4v) is 2.73. The van der Waals surface area contributed by atoms with Gasteiger partial charge in [-0.25, -0.2) is 4.98 Å². The van der Waals surface area contributed by atoms with Crippen LogP contribution in [0.2, 0.25) is 0 Å². The van der Waals surface area contributed by atoms with E-state index in [1.165, 1.54) is 29.3 Å². The molecule has 1 N–H and O–H groups in total. The molecule has 2 aromatic heterocycles. The third-order valence-electron chi connectivity index (χ3n) is 3.97. The van der Waals surface area contributed by atoms with Crippen molar-refractivity contribution in [3.8, 4) is 0 Å². The molecule has 0 atom stereocenters. The summed E-state index contributed by atoms with van der Waals surface area (Å²) in [4.78, 5) is 44.0. The molecule has 0 bridgehead atoms. The van der Waals surface area contributed by atoms with Gasteiger partial charge in [-0.2, -0.15) is 4.98 Å². The van der Waals surface area contributed by atoms with Gasteiger partial charge < -0.3 is 14.0 Å². The van der Waals surface area contributed by atoms with Gasteiger partial charge in [0, 0.05) is 13.8 Å². The Morgan fingerprint density at radius 3 is 2.59 bits per heavy atom. The van der Waals surface area contributed by atoms with E-state index in [0.29, 0.717) is 0 Å². The Bertz CT molecular complexity index is 1070. The third-order valence-corrected chi connectivity index (χ3v) is 3.97. The van der Waals surface area contributed by atoms with Crippen molar-refractivity contribution < 1.29 is 19.1 Å². The quantitative estimate of drug-likeness (QED) is 0.446. The van der Waals surface area contributed by atoms with Gasteiger partial charge in [0.05, 0.1) is 19.5 Å². The maximum atomic E-state index is 13.2. The highest BCUT2D eigenvalue weighted by atomic mass is 16.6. The number of benzene rings is 1. The fraction of sp³-hybridized carbons (Fsp3) is 0.316. The van der Waals surface area contributed by atoms with E-state index in [0.717, 1.165) is 5.56 Å². The van der Waals surface area contributed by atoms with Crippen LogP contribution in [-0.4, -0.2) is 44.2 Å². The van der Waals surface area contributed by atoms with Crippen LogP contribution >= 0.6 is 0 Å². The molecular formula is C19H21N5O5. The summed E-state index contributed by atoms with van der Waals surface area (Å²) in [5.74, 6) is -0.605. The third kappa shape index (κ3) is 5.05. The SMILES string of the molecule is CC(=O)Nc1nc2ncn(COCCOC(C)=O)c2c(=O)n1Cc1ccccc1. The zero-order valence-electron chi connectivity index (χ0n) is 16.1. The molecular weight excluding hydrogens is 378 g/mol. The summed E-state index contributed by atoms with van der Waals surface area (Å²) in [7, 11) is 0. The van der Waals surface area contributed by atoms with Gasteiger partial charge in [-0.1, -0.05) is 30.3 Å². The molecule has 1 amide bonds. The molecule has 3 aromatic rings. The Hall–Kier alpha value is -3.53. The van der Waals surface area contributed by atoms with E-state index in [1.807, 2.05) is 30.3 Å². The van der Waals surface area contributed by atoms with E-state index in [9.17, 15) is 14.4 Å². The van der Waals surface area contributed by atoms with Gasteiger partial charge in [0.25, 0.3) is 5.56 Å².